The molecule has 1 aliphatic carbocycles. The van der Waals surface area contributed by atoms with Gasteiger partial charge in [-0.3, -0.25) is 9.69 Å². The number of carbonyl (C=O) groups is 1. The highest BCUT2D eigenvalue weighted by molar-refractivity contribution is 7.23. The fraction of sp³-hybridized carbons (Fsp3) is 0.514. The number of alkyl halides is 4. The molecular weight excluding hydrogens is 721 g/mol. The first kappa shape index (κ1) is 35.7. The average molecular weight is 758 g/mol. The van der Waals surface area contributed by atoms with Crippen LogP contribution in [0.5, 0.6) is 6.01 Å². The van der Waals surface area contributed by atoms with Gasteiger partial charge in [0.15, 0.2) is 5.82 Å². The van der Waals surface area contributed by atoms with Crippen molar-refractivity contribution in [2.45, 2.75) is 75.8 Å². The van der Waals surface area contributed by atoms with Gasteiger partial charge >= 0.3 is 12.2 Å². The van der Waals surface area contributed by atoms with E-state index in [9.17, 15) is 18.8 Å². The molecule has 4 aliphatic rings. The molecule has 2 aromatic carbocycles. The number of likely N-dealkylation sites (N-methyl/N-ethyl adjacent to an activating group) is 1. The first-order valence-electron chi connectivity index (χ1n) is 17.9. The van der Waals surface area contributed by atoms with E-state index in [0.29, 0.717) is 43.8 Å². The zero-order valence-corrected chi connectivity index (χ0v) is 29.7. The fourth-order valence-corrected chi connectivity index (χ4v) is 9.76. The van der Waals surface area contributed by atoms with Crippen LogP contribution in [0.1, 0.15) is 63.0 Å². The van der Waals surface area contributed by atoms with E-state index in [1.165, 1.54) is 0 Å². The molecule has 1 saturated carbocycles. The molecule has 3 saturated heterocycles. The summed E-state index contributed by atoms with van der Waals surface area (Å²) < 4.78 is 98.2. The number of ether oxygens (including phenoxy) is 1. The minimum absolute atomic E-state index is 0.00343. The van der Waals surface area contributed by atoms with Crippen molar-refractivity contribution in [3.05, 3.63) is 41.0 Å². The number of nitriles is 1. The molecule has 3 aliphatic heterocycles. The number of thiophene rings is 1. The van der Waals surface area contributed by atoms with Gasteiger partial charge in [0.25, 0.3) is 0 Å². The van der Waals surface area contributed by atoms with Crippen molar-refractivity contribution in [2.75, 3.05) is 50.0 Å². The Hall–Kier alpha value is -4.36. The van der Waals surface area contributed by atoms with E-state index in [0.717, 1.165) is 43.9 Å². The zero-order chi connectivity index (χ0) is 37.4. The molecule has 5 heterocycles. The number of carbonyl (C=O) groups excluding carboxylic acids is 1. The van der Waals surface area contributed by atoms with Crippen molar-refractivity contribution in [1.29, 1.82) is 5.26 Å². The Bertz CT molecular complexity index is 2170. The minimum Gasteiger partial charge on any atom is -0.461 e. The third-order valence-corrected chi connectivity index (χ3v) is 12.6. The summed E-state index contributed by atoms with van der Waals surface area (Å²) in [6.45, 7) is 3.78. The number of likely N-dealkylation sites (tertiary alicyclic amines) is 1. The first-order valence-corrected chi connectivity index (χ1v) is 18.7. The monoisotopic (exact) mass is 757 g/mol. The van der Waals surface area contributed by atoms with Crippen molar-refractivity contribution in [2.24, 2.45) is 5.92 Å². The minimum atomic E-state index is -5.11. The van der Waals surface area contributed by atoms with Crippen molar-refractivity contribution >= 4 is 49.1 Å². The predicted molar refractivity (Wildman–Crippen MR) is 188 cm³/mol. The number of amides is 1. The van der Waals surface area contributed by atoms with E-state index in [4.69, 9.17) is 10.5 Å². The molecule has 2 aromatic heterocycles. The molecule has 4 fully saturated rings. The van der Waals surface area contributed by atoms with Crippen LogP contribution in [0.4, 0.5) is 37.2 Å². The van der Waals surface area contributed by atoms with Gasteiger partial charge in [0.2, 0.25) is 5.91 Å². The molecule has 3 atom stereocenters. The van der Waals surface area contributed by atoms with Gasteiger partial charge in [0.1, 0.15) is 41.0 Å². The standard InChI is InChI=1S/C37H37F6N7O2S/c1-2-50(21-9-12-48(17-21)34(51)19-5-3-6-19)33-23-13-25(37(41,42)43)28(22-7-8-26(39)31-27(22)24(15-44)32(45)53-31)29(40)30(23)46-35(47-33)52-18-36-10-4-11-49(36)16-20(38)14-36/h7-8,13,19-21H,2-6,9-12,14,16-18,45H2,1H3. The van der Waals surface area contributed by atoms with E-state index in [2.05, 4.69) is 9.97 Å². The highest BCUT2D eigenvalue weighted by atomic mass is 32.1. The van der Waals surface area contributed by atoms with Crippen LogP contribution in [-0.4, -0.2) is 82.8 Å². The molecule has 16 heteroatoms. The number of hydrogen-bond acceptors (Lipinski definition) is 9. The molecule has 53 heavy (non-hydrogen) atoms. The number of aromatic nitrogens is 2. The lowest BCUT2D eigenvalue weighted by atomic mass is 9.84. The highest BCUT2D eigenvalue weighted by Gasteiger charge is 2.49. The molecular formula is C37H37F6N7O2S. The van der Waals surface area contributed by atoms with Crippen LogP contribution < -0.4 is 15.4 Å². The summed E-state index contributed by atoms with van der Waals surface area (Å²) in [5.74, 6) is -2.15. The Morgan fingerprint density at radius 3 is 2.66 bits per heavy atom. The second kappa shape index (κ2) is 13.2. The van der Waals surface area contributed by atoms with Crippen molar-refractivity contribution in [3.63, 3.8) is 0 Å². The summed E-state index contributed by atoms with van der Waals surface area (Å²) in [6, 6.07) is 3.92. The zero-order valence-electron chi connectivity index (χ0n) is 28.9. The Morgan fingerprint density at radius 2 is 1.96 bits per heavy atom. The molecule has 4 aromatic rings. The second-order valence-corrected chi connectivity index (χ2v) is 15.6. The van der Waals surface area contributed by atoms with Gasteiger partial charge in [-0.1, -0.05) is 12.5 Å². The number of fused-ring (bicyclic) bond motifs is 3. The fourth-order valence-electron chi connectivity index (χ4n) is 8.81. The number of nitrogens with zero attached hydrogens (tertiary/aromatic N) is 6. The van der Waals surface area contributed by atoms with Crippen LogP contribution in [0.15, 0.2) is 18.2 Å². The number of hydrogen-bond donors (Lipinski definition) is 1. The lowest BCUT2D eigenvalue weighted by Gasteiger charge is -2.33. The van der Waals surface area contributed by atoms with Crippen molar-refractivity contribution in [3.8, 4) is 23.2 Å². The number of nitrogen functional groups attached to an aromatic ring is 1. The Kier molecular flexibility index (Phi) is 8.87. The number of anilines is 2. The van der Waals surface area contributed by atoms with Crippen LogP contribution in [0.2, 0.25) is 0 Å². The largest absolute Gasteiger partial charge is 0.461 e. The molecule has 0 bridgehead atoms. The summed E-state index contributed by atoms with van der Waals surface area (Å²) >= 11 is 0.688. The maximum Gasteiger partial charge on any atom is 0.417 e. The third kappa shape index (κ3) is 5.90. The molecule has 280 valence electrons. The van der Waals surface area contributed by atoms with Gasteiger partial charge in [0.05, 0.1) is 21.4 Å². The Balaban J connectivity index is 1.31. The van der Waals surface area contributed by atoms with Gasteiger partial charge < -0.3 is 20.3 Å². The summed E-state index contributed by atoms with van der Waals surface area (Å²) in [4.78, 5) is 27.7. The van der Waals surface area contributed by atoms with Crippen LogP contribution >= 0.6 is 11.3 Å². The quantitative estimate of drug-likeness (QED) is 0.185. The SMILES string of the molecule is CCN(c1nc(OCC23CCCN2CC(F)C3)nc2c(F)c(-c3ccc(F)c4sc(N)c(C#N)c34)c(C(F)(F)F)cc12)C1CCN(C(=O)C2CCC2)C1. The van der Waals surface area contributed by atoms with E-state index < -0.39 is 46.2 Å². The van der Waals surface area contributed by atoms with E-state index in [1.807, 2.05) is 11.0 Å². The summed E-state index contributed by atoms with van der Waals surface area (Å²) in [6.07, 6.45) is -1.26. The Morgan fingerprint density at radius 1 is 1.17 bits per heavy atom. The lowest BCUT2D eigenvalue weighted by molar-refractivity contribution is -0.137. The molecule has 8 rings (SSSR count). The average Bonchev–Trinajstić information content (AvgIpc) is 3.86. The lowest BCUT2D eigenvalue weighted by Crippen LogP contribution is -2.43. The second-order valence-electron chi connectivity index (χ2n) is 14.6. The van der Waals surface area contributed by atoms with Crippen molar-refractivity contribution in [1.82, 2.24) is 19.8 Å². The maximum absolute atomic E-state index is 17.2. The molecule has 0 spiro atoms. The summed E-state index contributed by atoms with van der Waals surface area (Å²) in [7, 11) is 0. The van der Waals surface area contributed by atoms with E-state index in [-0.39, 0.29) is 87.4 Å². The number of rotatable bonds is 8. The van der Waals surface area contributed by atoms with Crippen LogP contribution in [0.3, 0.4) is 0 Å². The summed E-state index contributed by atoms with van der Waals surface area (Å²) in [5, 5.41) is 9.30. The Labute approximate surface area is 305 Å². The molecule has 0 radical (unpaired) electrons. The molecule has 9 nitrogen and oxygen atoms in total. The van der Waals surface area contributed by atoms with Gasteiger partial charge in [-0.25, -0.2) is 13.2 Å². The topological polar surface area (TPSA) is 112 Å². The van der Waals surface area contributed by atoms with E-state index in [1.54, 1.807) is 16.7 Å². The maximum atomic E-state index is 17.2. The van der Waals surface area contributed by atoms with Crippen LogP contribution in [-0.2, 0) is 11.0 Å². The number of benzene rings is 2. The third-order valence-electron chi connectivity index (χ3n) is 11.6. The van der Waals surface area contributed by atoms with Crippen molar-refractivity contribution < 1.29 is 35.9 Å². The number of nitrogens with two attached hydrogens (primary N) is 1. The van der Waals surface area contributed by atoms with Gasteiger partial charge in [-0.15, -0.1) is 11.3 Å². The van der Waals surface area contributed by atoms with Crippen LogP contribution in [0, 0.1) is 28.9 Å². The van der Waals surface area contributed by atoms with Gasteiger partial charge in [0, 0.05) is 60.9 Å². The summed E-state index contributed by atoms with van der Waals surface area (Å²) in [5.41, 5.74) is 1.98. The van der Waals surface area contributed by atoms with Gasteiger partial charge in [-0.2, -0.15) is 28.4 Å². The molecule has 2 N–H and O–H groups in total. The van der Waals surface area contributed by atoms with E-state index >= 15 is 17.6 Å². The smallest absolute Gasteiger partial charge is 0.417 e. The van der Waals surface area contributed by atoms with Crippen LogP contribution in [0.25, 0.3) is 32.1 Å². The van der Waals surface area contributed by atoms with Gasteiger partial charge in [-0.05, 0) is 63.3 Å². The molecule has 3 unspecified atom stereocenters. The molecule has 1 amide bonds. The normalized spacial score (nSPS) is 23.5. The highest BCUT2D eigenvalue weighted by Crippen LogP contribution is 2.48. The number of halogens is 6. The predicted octanol–water partition coefficient (Wildman–Crippen LogP) is 7.44. The first-order chi connectivity index (χ1) is 25.3.